The van der Waals surface area contributed by atoms with Crippen LogP contribution in [0.1, 0.15) is 28.5 Å². The number of aromatic nitrogens is 1. The third-order valence-electron chi connectivity index (χ3n) is 7.45. The molecule has 54 heavy (non-hydrogen) atoms. The van der Waals surface area contributed by atoms with Crippen LogP contribution < -0.4 is 16.6 Å². The normalized spacial score (nSPS) is 18.7. The van der Waals surface area contributed by atoms with Crippen LogP contribution in [0.2, 0.25) is 0 Å². The third kappa shape index (κ3) is 9.42. The van der Waals surface area contributed by atoms with Gasteiger partial charge in [-0.1, -0.05) is 5.16 Å². The van der Waals surface area contributed by atoms with Gasteiger partial charge in [0.15, 0.2) is 28.2 Å². The maximum absolute atomic E-state index is 13.5. The van der Waals surface area contributed by atoms with Crippen molar-refractivity contribution in [1.82, 2.24) is 30.8 Å². The molecular formula is C28H28N9Na3O11S3. The number of thioether (sulfide) groups is 2. The Kier molecular flexibility index (Phi) is 16.0. The van der Waals surface area contributed by atoms with Crippen molar-refractivity contribution in [2.75, 3.05) is 17.2 Å². The first-order chi connectivity index (χ1) is 24.2. The number of hydrogen-bond donors (Lipinski definition) is 8. The Labute approximate surface area is 383 Å². The fourth-order valence-electron chi connectivity index (χ4n) is 5.13. The number of allylic oxidation sites excluding steroid dienone is 1. The van der Waals surface area contributed by atoms with Gasteiger partial charge in [-0.3, -0.25) is 14.5 Å². The van der Waals surface area contributed by atoms with E-state index < -0.39 is 70.6 Å². The van der Waals surface area contributed by atoms with Crippen molar-refractivity contribution in [3.05, 3.63) is 68.7 Å². The van der Waals surface area contributed by atoms with Crippen LogP contribution in [0.4, 0.5) is 9.93 Å². The van der Waals surface area contributed by atoms with E-state index in [-0.39, 0.29) is 122 Å². The van der Waals surface area contributed by atoms with Crippen molar-refractivity contribution in [1.29, 1.82) is 0 Å². The number of nitrogens with zero attached hydrogens (tertiary/aromatic N) is 6. The van der Waals surface area contributed by atoms with Crippen LogP contribution in [-0.4, -0.2) is 198 Å². The molecule has 6 rings (SSSR count). The number of anilines is 1. The maximum atomic E-state index is 13.5. The predicted octanol–water partition coefficient (Wildman–Crippen LogP) is -0.888. The number of nitrogens with two attached hydrogens (primary N) is 1. The molecule has 0 unspecified atom stereocenters. The third-order valence-corrected chi connectivity index (χ3v) is 10.6. The topological polar surface area (TPSA) is 293 Å². The molecule has 0 radical (unpaired) electrons. The zero-order valence-electron chi connectivity index (χ0n) is 25.8. The molecule has 20 nitrogen and oxygen atoms in total. The number of fused-ring (bicyclic) bond motifs is 2. The molecule has 272 valence electrons. The number of oxime groups is 1. The molecule has 0 aliphatic carbocycles. The van der Waals surface area contributed by atoms with E-state index >= 15 is 0 Å². The number of β-lactam (4-membered cyclic amide) rings is 1. The number of nitrogen functional groups attached to an aromatic ring is 1. The molecule has 2 aromatic rings. The van der Waals surface area contributed by atoms with Crippen LogP contribution in [0, 0.1) is 0 Å². The van der Waals surface area contributed by atoms with Gasteiger partial charge in [0.25, 0.3) is 11.8 Å². The number of aromatic hydroxyl groups is 2. The number of aliphatic imine (C=N–C) groups is 1. The van der Waals surface area contributed by atoms with E-state index in [0.29, 0.717) is 22.1 Å². The van der Waals surface area contributed by atoms with Crippen molar-refractivity contribution in [3.8, 4) is 11.5 Å². The molecule has 26 heteroatoms. The zero-order valence-corrected chi connectivity index (χ0v) is 28.3. The Morgan fingerprint density at radius 3 is 2.46 bits per heavy atom. The van der Waals surface area contributed by atoms with Gasteiger partial charge in [0.1, 0.15) is 29.4 Å². The summed E-state index contributed by atoms with van der Waals surface area (Å²) in [4.78, 5) is 77.1. The molecule has 2 atom stereocenters. The second kappa shape index (κ2) is 18.9. The molecule has 4 aliphatic rings. The van der Waals surface area contributed by atoms with Crippen LogP contribution in [-0.2, 0) is 25.8 Å². The number of carboxylic acid groups (broad SMARTS) is 3. The molecule has 4 aliphatic heterocycles. The van der Waals surface area contributed by atoms with Gasteiger partial charge < -0.3 is 41.4 Å². The van der Waals surface area contributed by atoms with Crippen LogP contribution >= 0.6 is 34.9 Å². The summed E-state index contributed by atoms with van der Waals surface area (Å²) in [6, 6.07) is 0.621. The monoisotopic (exact) mass is 831 g/mol. The molecule has 0 bridgehead atoms. The minimum atomic E-state index is -1.43. The Balaban J connectivity index is 0.00000261. The number of hydrazine groups is 2. The average molecular weight is 832 g/mol. The minimum absolute atomic E-state index is 0. The Morgan fingerprint density at radius 1 is 1.13 bits per heavy atom. The van der Waals surface area contributed by atoms with Crippen LogP contribution in [0.5, 0.6) is 11.5 Å². The SMILES string of the molecule is CC1=NC2=CN(C(=O)O)NN2C(SCC2=C(C(=O)O)N3C(=O)[C@@H](NC(=O)/C(=N\OCc4cc(O)c(O)cc4C(=O)O)c4csc(N)n4)[C@H]3SC2)=C1.[NaH].[NaH].[NaH]. The van der Waals surface area contributed by atoms with E-state index in [1.54, 1.807) is 13.0 Å². The Morgan fingerprint density at radius 2 is 1.83 bits per heavy atom. The summed E-state index contributed by atoms with van der Waals surface area (Å²) in [7, 11) is 0. The first kappa shape index (κ1) is 45.6. The number of benzene rings is 1. The predicted molar refractivity (Wildman–Crippen MR) is 202 cm³/mol. The number of carbonyl (C=O) groups is 5. The molecule has 1 aromatic carbocycles. The summed E-state index contributed by atoms with van der Waals surface area (Å²) in [6.45, 7) is 1.17. The summed E-state index contributed by atoms with van der Waals surface area (Å²) in [5, 5.41) is 58.3. The number of phenolic OH excluding ortho intramolecular Hbond substituents is 2. The molecular weight excluding hydrogens is 804 g/mol. The number of carboxylic acids is 2. The van der Waals surface area contributed by atoms with Gasteiger partial charge in [-0.2, -0.15) is 5.01 Å². The summed E-state index contributed by atoms with van der Waals surface area (Å²) in [5.41, 5.74) is 8.25. The van der Waals surface area contributed by atoms with Gasteiger partial charge in [0.2, 0.25) is 0 Å². The van der Waals surface area contributed by atoms with Gasteiger partial charge in [0, 0.05) is 28.2 Å². The number of aliphatic carboxylic acids is 1. The Bertz CT molecular complexity index is 2060. The van der Waals surface area contributed by atoms with Crippen molar-refractivity contribution >= 4 is 170 Å². The van der Waals surface area contributed by atoms with E-state index in [1.807, 2.05) is 0 Å². The van der Waals surface area contributed by atoms with Gasteiger partial charge in [-0.05, 0) is 30.7 Å². The van der Waals surface area contributed by atoms with Crippen molar-refractivity contribution in [2.24, 2.45) is 10.1 Å². The quantitative estimate of drug-likeness (QED) is 0.0448. The summed E-state index contributed by atoms with van der Waals surface area (Å²) in [6.07, 6.45) is 1.72. The number of hydrogen-bond acceptors (Lipinski definition) is 17. The summed E-state index contributed by atoms with van der Waals surface area (Å²) >= 11 is 3.41. The van der Waals surface area contributed by atoms with E-state index in [2.05, 4.69) is 26.0 Å². The number of nitrogens with one attached hydrogen (secondary N) is 2. The first-order valence-electron chi connectivity index (χ1n) is 14.3. The molecule has 9 N–H and O–H groups in total. The van der Waals surface area contributed by atoms with Crippen molar-refractivity contribution in [2.45, 2.75) is 24.9 Å². The van der Waals surface area contributed by atoms with Gasteiger partial charge in [-0.25, -0.2) is 29.4 Å². The molecule has 1 saturated heterocycles. The van der Waals surface area contributed by atoms with Gasteiger partial charge >= 0.3 is 107 Å². The average Bonchev–Trinajstić information content (AvgIpc) is 3.71. The zero-order chi connectivity index (χ0) is 36.7. The fraction of sp³-hybridized carbons (Fsp3) is 0.214. The molecule has 3 amide bonds. The number of carbonyl (C=O) groups excluding carboxylic acids is 2. The second-order valence-electron chi connectivity index (χ2n) is 10.8. The van der Waals surface area contributed by atoms with Gasteiger partial charge in [-0.15, -0.1) is 40.4 Å². The van der Waals surface area contributed by atoms with Crippen molar-refractivity contribution < 1.29 is 54.3 Å². The summed E-state index contributed by atoms with van der Waals surface area (Å²) < 4.78 is 0. The molecule has 5 heterocycles. The van der Waals surface area contributed by atoms with Crippen LogP contribution in [0.25, 0.3) is 0 Å². The second-order valence-corrected chi connectivity index (χ2v) is 13.8. The number of thiazole rings is 1. The number of rotatable bonds is 11. The number of phenols is 2. The number of amides is 3. The van der Waals surface area contributed by atoms with Gasteiger partial charge in [0.05, 0.1) is 16.8 Å². The molecule has 0 spiro atoms. The van der Waals surface area contributed by atoms with Crippen molar-refractivity contribution in [3.63, 3.8) is 0 Å². The Hall–Kier alpha value is -2.78. The molecule has 0 saturated carbocycles. The first-order valence-corrected chi connectivity index (χ1v) is 17.3. The number of aromatic carboxylic acids is 1. The molecule has 1 fully saturated rings. The van der Waals surface area contributed by atoms with E-state index in [9.17, 15) is 49.5 Å². The summed E-state index contributed by atoms with van der Waals surface area (Å²) in [5.74, 6) is -5.05. The van der Waals surface area contributed by atoms with E-state index in [4.69, 9.17) is 10.6 Å². The van der Waals surface area contributed by atoms with E-state index in [0.717, 1.165) is 33.4 Å². The molecule has 1 aromatic heterocycles. The standard InChI is InChI=1S/C28H25N9O11S3.3Na.3H/c1-10-2-18(37-17(30-10)5-35(34-37)28(46)47)49-7-12-8-50-24-20(23(41)36(24)21(12)26(44)45)32-22(40)19(14-9-51-27(29)31-14)33-48-6-11-3-15(38)16(39)4-13(11)25(42)43;;;;;;/h2-5,9,20,24,34,38-39H,6-8H2,1H3,(H2,29,31)(H,32,40)(H,42,43)(H,44,45)(H,46,47);;;;;;/b33-19-;;;;;;/t20-,24-;;;;;;/m1....../s1. The van der Waals surface area contributed by atoms with E-state index in [1.165, 1.54) is 40.1 Å². The van der Waals surface area contributed by atoms with Crippen LogP contribution in [0.3, 0.4) is 0 Å². The van der Waals surface area contributed by atoms with Crippen LogP contribution in [0.15, 0.2) is 62.1 Å². The fourth-order valence-corrected chi connectivity index (χ4v) is 8.23.